The highest BCUT2D eigenvalue weighted by Gasteiger charge is 2.26. The lowest BCUT2D eigenvalue weighted by Crippen LogP contribution is -2.40. The molecular weight excluding hydrogens is 393 g/mol. The molecule has 0 spiro atoms. The van der Waals surface area contributed by atoms with Gasteiger partial charge in [-0.3, -0.25) is 0 Å². The number of pyridine rings is 2. The van der Waals surface area contributed by atoms with Crippen molar-refractivity contribution in [2.24, 2.45) is 5.73 Å². The van der Waals surface area contributed by atoms with Crippen LogP contribution in [0, 0.1) is 12.7 Å². The zero-order valence-electron chi connectivity index (χ0n) is 17.3. The van der Waals surface area contributed by atoms with Crippen molar-refractivity contribution in [1.82, 2.24) is 19.9 Å². The lowest BCUT2D eigenvalue weighted by atomic mass is 9.97. The highest BCUT2D eigenvalue weighted by molar-refractivity contribution is 5.95. The van der Waals surface area contributed by atoms with Gasteiger partial charge in [-0.1, -0.05) is 6.07 Å². The second kappa shape index (κ2) is 7.63. The molecule has 0 unspecified atom stereocenters. The van der Waals surface area contributed by atoms with E-state index in [0.717, 1.165) is 53.8 Å². The Bertz CT molecular complexity index is 1210. The van der Waals surface area contributed by atoms with Crippen LogP contribution in [0.1, 0.15) is 18.4 Å². The maximum Gasteiger partial charge on any atom is 0.178 e. The number of nitrogens with two attached hydrogens (primary N) is 2. The molecule has 158 valence electrons. The predicted octanol–water partition coefficient (Wildman–Crippen LogP) is 3.64. The summed E-state index contributed by atoms with van der Waals surface area (Å²) >= 11 is 0. The molecule has 1 aliphatic heterocycles. The van der Waals surface area contributed by atoms with E-state index in [1.807, 2.05) is 25.1 Å². The van der Waals surface area contributed by atoms with Gasteiger partial charge in [0.05, 0.1) is 16.8 Å². The molecule has 5 rings (SSSR count). The molecule has 4 heterocycles. The number of fused-ring (bicyclic) bond motifs is 1. The molecule has 0 saturated carbocycles. The van der Waals surface area contributed by atoms with Gasteiger partial charge in [0.15, 0.2) is 5.65 Å². The highest BCUT2D eigenvalue weighted by Crippen LogP contribution is 2.42. The monoisotopic (exact) mass is 417 g/mol. The second-order valence-electron chi connectivity index (χ2n) is 8.08. The summed E-state index contributed by atoms with van der Waals surface area (Å²) in [6, 6.07) is 8.95. The molecule has 5 N–H and O–H groups in total. The van der Waals surface area contributed by atoms with Crippen molar-refractivity contribution >= 4 is 22.7 Å². The largest absolute Gasteiger partial charge is 0.383 e. The Labute approximate surface area is 179 Å². The number of hydrogen-bond acceptors (Lipinski definition) is 6. The first-order valence-corrected chi connectivity index (χ1v) is 10.4. The summed E-state index contributed by atoms with van der Waals surface area (Å²) in [6.07, 6.45) is 5.15. The summed E-state index contributed by atoms with van der Waals surface area (Å²) in [6.45, 7) is 3.43. The fraction of sp³-hybridized carbons (Fsp3) is 0.261. The van der Waals surface area contributed by atoms with Crippen LogP contribution in [0.4, 0.5) is 15.9 Å². The van der Waals surface area contributed by atoms with Gasteiger partial charge < -0.3 is 21.4 Å². The molecule has 1 aromatic carbocycles. The molecule has 0 aliphatic carbocycles. The Kier molecular flexibility index (Phi) is 4.78. The summed E-state index contributed by atoms with van der Waals surface area (Å²) in [7, 11) is 0. The van der Waals surface area contributed by atoms with E-state index in [2.05, 4.69) is 24.8 Å². The standard InChI is InChI=1S/C23H24FN7/c1-13-9-14(11-15(24)10-13)17-12-28-21(26)19(20(17)31-7-4-16(25)5-8-31)23-29-18-3-2-6-27-22(18)30-23/h2-3,6,9-12,16H,4-5,7-8,25H2,1H3,(H2,26,28)(H,27,29,30). The molecule has 4 aromatic rings. The SMILES string of the molecule is Cc1cc(F)cc(-c2cnc(N)c(-c3nc4ncccc4[nH]3)c2N2CCC(N)CC2)c1. The number of nitrogen functional groups attached to an aromatic ring is 1. The number of rotatable bonds is 3. The van der Waals surface area contributed by atoms with Gasteiger partial charge >= 0.3 is 0 Å². The van der Waals surface area contributed by atoms with E-state index in [1.54, 1.807) is 12.4 Å². The van der Waals surface area contributed by atoms with Gasteiger partial charge in [0.2, 0.25) is 0 Å². The fourth-order valence-corrected chi connectivity index (χ4v) is 4.27. The number of piperidine rings is 1. The van der Waals surface area contributed by atoms with Crippen LogP contribution in [0.15, 0.2) is 42.7 Å². The Morgan fingerprint density at radius 2 is 1.97 bits per heavy atom. The van der Waals surface area contributed by atoms with Crippen LogP contribution in [0.2, 0.25) is 0 Å². The molecular formula is C23H24FN7. The average Bonchev–Trinajstić information content (AvgIpc) is 3.17. The Morgan fingerprint density at radius 3 is 2.71 bits per heavy atom. The number of benzene rings is 1. The number of nitrogens with zero attached hydrogens (tertiary/aromatic N) is 4. The summed E-state index contributed by atoms with van der Waals surface area (Å²) in [4.78, 5) is 19.0. The van der Waals surface area contributed by atoms with Crippen molar-refractivity contribution in [2.45, 2.75) is 25.8 Å². The molecule has 3 aromatic heterocycles. The maximum atomic E-state index is 14.3. The van der Waals surface area contributed by atoms with Crippen LogP contribution in [-0.2, 0) is 0 Å². The predicted molar refractivity (Wildman–Crippen MR) is 121 cm³/mol. The number of anilines is 2. The summed E-state index contributed by atoms with van der Waals surface area (Å²) in [5.41, 5.74) is 18.0. The maximum absolute atomic E-state index is 14.3. The quantitative estimate of drug-likeness (QED) is 0.469. The van der Waals surface area contributed by atoms with Gasteiger partial charge in [0.1, 0.15) is 17.5 Å². The van der Waals surface area contributed by atoms with Crippen LogP contribution in [-0.4, -0.2) is 39.1 Å². The highest BCUT2D eigenvalue weighted by atomic mass is 19.1. The van der Waals surface area contributed by atoms with Crippen molar-refractivity contribution in [2.75, 3.05) is 23.7 Å². The molecule has 0 amide bonds. The van der Waals surface area contributed by atoms with Gasteiger partial charge in [0, 0.05) is 37.1 Å². The Hall–Kier alpha value is -3.52. The summed E-state index contributed by atoms with van der Waals surface area (Å²) in [5, 5.41) is 0. The number of H-pyrrole nitrogens is 1. The topological polar surface area (TPSA) is 110 Å². The molecule has 0 atom stereocenters. The molecule has 31 heavy (non-hydrogen) atoms. The van der Waals surface area contributed by atoms with Crippen molar-refractivity contribution in [3.63, 3.8) is 0 Å². The lowest BCUT2D eigenvalue weighted by Gasteiger charge is -2.34. The minimum atomic E-state index is -0.284. The molecule has 1 saturated heterocycles. The zero-order valence-corrected chi connectivity index (χ0v) is 17.3. The minimum absolute atomic E-state index is 0.175. The molecule has 7 nitrogen and oxygen atoms in total. The number of halogens is 1. The van der Waals surface area contributed by atoms with E-state index in [-0.39, 0.29) is 11.9 Å². The van der Waals surface area contributed by atoms with Gasteiger partial charge in [0.25, 0.3) is 0 Å². The van der Waals surface area contributed by atoms with E-state index in [9.17, 15) is 4.39 Å². The Balaban J connectivity index is 1.76. The molecule has 8 heteroatoms. The zero-order chi connectivity index (χ0) is 21.5. The first-order valence-electron chi connectivity index (χ1n) is 10.4. The van der Waals surface area contributed by atoms with Crippen LogP contribution < -0.4 is 16.4 Å². The molecule has 0 bridgehead atoms. The Morgan fingerprint density at radius 1 is 1.16 bits per heavy atom. The van der Waals surface area contributed by atoms with Gasteiger partial charge in [-0.2, -0.15) is 0 Å². The lowest BCUT2D eigenvalue weighted by molar-refractivity contribution is 0.501. The van der Waals surface area contributed by atoms with Gasteiger partial charge in [-0.05, 0) is 55.2 Å². The number of nitrogens with one attached hydrogen (secondary N) is 1. The second-order valence-corrected chi connectivity index (χ2v) is 8.08. The fourth-order valence-electron chi connectivity index (χ4n) is 4.27. The molecule has 1 fully saturated rings. The number of aromatic nitrogens is 4. The van der Waals surface area contributed by atoms with Crippen LogP contribution in [0.25, 0.3) is 33.7 Å². The van der Waals surface area contributed by atoms with E-state index < -0.39 is 0 Å². The van der Waals surface area contributed by atoms with Crippen LogP contribution >= 0.6 is 0 Å². The first kappa shape index (κ1) is 19.4. The number of aryl methyl sites for hydroxylation is 1. The average molecular weight is 417 g/mol. The minimum Gasteiger partial charge on any atom is -0.383 e. The van der Waals surface area contributed by atoms with E-state index in [4.69, 9.17) is 11.5 Å². The third kappa shape index (κ3) is 3.59. The van der Waals surface area contributed by atoms with Crippen molar-refractivity contribution < 1.29 is 4.39 Å². The summed E-state index contributed by atoms with van der Waals surface area (Å²) < 4.78 is 14.3. The van der Waals surface area contributed by atoms with Crippen molar-refractivity contribution in [1.29, 1.82) is 0 Å². The first-order chi connectivity index (χ1) is 15.0. The van der Waals surface area contributed by atoms with E-state index in [1.165, 1.54) is 12.1 Å². The number of imidazole rings is 1. The summed E-state index contributed by atoms with van der Waals surface area (Å²) in [5.74, 6) is 0.673. The molecule has 0 radical (unpaired) electrons. The van der Waals surface area contributed by atoms with E-state index >= 15 is 0 Å². The third-order valence-corrected chi connectivity index (χ3v) is 5.78. The van der Waals surface area contributed by atoms with Gasteiger partial charge in [-0.25, -0.2) is 19.3 Å². The third-order valence-electron chi connectivity index (χ3n) is 5.78. The smallest absolute Gasteiger partial charge is 0.178 e. The van der Waals surface area contributed by atoms with Crippen LogP contribution in [0.3, 0.4) is 0 Å². The molecule has 1 aliphatic rings. The van der Waals surface area contributed by atoms with E-state index in [0.29, 0.717) is 22.9 Å². The number of aromatic amines is 1. The normalized spacial score (nSPS) is 15.0. The van der Waals surface area contributed by atoms with Crippen molar-refractivity contribution in [3.05, 3.63) is 54.1 Å². The van der Waals surface area contributed by atoms with Crippen molar-refractivity contribution in [3.8, 4) is 22.5 Å². The number of hydrogen-bond donors (Lipinski definition) is 3. The van der Waals surface area contributed by atoms with Crippen LogP contribution in [0.5, 0.6) is 0 Å². The van der Waals surface area contributed by atoms with Gasteiger partial charge in [-0.15, -0.1) is 0 Å².